The predicted molar refractivity (Wildman–Crippen MR) is 151 cm³/mol. The van der Waals surface area contributed by atoms with Crippen molar-refractivity contribution in [1.29, 1.82) is 0 Å². The van der Waals surface area contributed by atoms with Crippen molar-refractivity contribution in [3.05, 3.63) is 103 Å². The van der Waals surface area contributed by atoms with Crippen LogP contribution in [0.15, 0.2) is 97.1 Å². The first-order chi connectivity index (χ1) is 18.6. The third kappa shape index (κ3) is 6.02. The molecule has 194 valence electrons. The molecule has 6 nitrogen and oxygen atoms in total. The average molecular weight is 507 g/mol. The molecule has 0 spiro atoms. The summed E-state index contributed by atoms with van der Waals surface area (Å²) in [6.45, 7) is 2.76. The Morgan fingerprint density at radius 2 is 1.58 bits per heavy atom. The van der Waals surface area contributed by atoms with Crippen LogP contribution in [0.2, 0.25) is 0 Å². The highest BCUT2D eigenvalue weighted by Gasteiger charge is 2.45. The number of rotatable bonds is 11. The number of amides is 2. The first-order valence-electron chi connectivity index (χ1n) is 13.5. The van der Waals surface area contributed by atoms with Crippen molar-refractivity contribution in [2.24, 2.45) is 5.92 Å². The van der Waals surface area contributed by atoms with Crippen molar-refractivity contribution in [2.45, 2.75) is 38.5 Å². The minimum atomic E-state index is -0.219. The van der Waals surface area contributed by atoms with Crippen LogP contribution in [-0.2, 0) is 9.59 Å². The molecule has 1 aliphatic rings. The Bertz CT molecular complexity index is 1350. The van der Waals surface area contributed by atoms with E-state index >= 15 is 0 Å². The average Bonchev–Trinajstić information content (AvgIpc) is 3.66. The van der Waals surface area contributed by atoms with Crippen LogP contribution in [0.4, 0.5) is 5.82 Å². The van der Waals surface area contributed by atoms with Gasteiger partial charge in [-0.1, -0.05) is 98.6 Å². The minimum Gasteiger partial charge on any atom is -0.333 e. The van der Waals surface area contributed by atoms with Crippen LogP contribution in [0.3, 0.4) is 0 Å². The zero-order valence-electron chi connectivity index (χ0n) is 21.8. The molecule has 0 aliphatic heterocycles. The second-order valence-electron chi connectivity index (χ2n) is 9.90. The largest absolute Gasteiger partial charge is 0.333 e. The lowest BCUT2D eigenvalue weighted by Gasteiger charge is -2.22. The molecular weight excluding hydrogens is 472 g/mol. The fourth-order valence-corrected chi connectivity index (χ4v) is 4.93. The molecule has 1 fully saturated rings. The molecule has 0 radical (unpaired) electrons. The number of aromatic nitrogens is 2. The normalized spacial score (nSPS) is 16.1. The Morgan fingerprint density at radius 3 is 2.26 bits per heavy atom. The molecule has 4 aromatic rings. The van der Waals surface area contributed by atoms with E-state index in [9.17, 15) is 9.59 Å². The smallest absolute Gasteiger partial charge is 0.245 e. The molecule has 1 N–H and O–H groups in total. The van der Waals surface area contributed by atoms with E-state index in [0.29, 0.717) is 12.4 Å². The van der Waals surface area contributed by atoms with Crippen LogP contribution >= 0.6 is 0 Å². The maximum atomic E-state index is 13.5. The van der Waals surface area contributed by atoms with Gasteiger partial charge in [-0.3, -0.25) is 9.59 Å². The van der Waals surface area contributed by atoms with E-state index in [1.807, 2.05) is 84.9 Å². The topological polar surface area (TPSA) is 67.2 Å². The van der Waals surface area contributed by atoms with Gasteiger partial charge < -0.3 is 10.2 Å². The summed E-state index contributed by atoms with van der Waals surface area (Å²) < 4.78 is 1.75. The summed E-state index contributed by atoms with van der Waals surface area (Å²) in [5.41, 5.74) is 3.78. The molecule has 1 aromatic heterocycles. The standard InChI is InChI=1S/C32H34N4O2/c1-2-3-13-20-35(32(38)28-21-27(28)24-14-7-4-8-15-24)23-31(37)33-30-22-29(25-16-9-5-10-17-25)34-36(30)26-18-11-6-12-19-26/h4-12,14-19,22,27-28H,2-3,13,20-21,23H2,1H3,(H,33,37)/t27-,28+/m0/s1. The highest BCUT2D eigenvalue weighted by molar-refractivity contribution is 5.95. The van der Waals surface area contributed by atoms with Crippen LogP contribution < -0.4 is 5.32 Å². The van der Waals surface area contributed by atoms with Gasteiger partial charge in [-0.05, 0) is 36.5 Å². The summed E-state index contributed by atoms with van der Waals surface area (Å²) in [4.78, 5) is 28.6. The number of nitrogens with zero attached hydrogens (tertiary/aromatic N) is 3. The molecule has 0 unspecified atom stereocenters. The molecule has 0 saturated heterocycles. The van der Waals surface area contributed by atoms with E-state index in [1.165, 1.54) is 5.56 Å². The summed E-state index contributed by atoms with van der Waals surface area (Å²) in [6, 6.07) is 31.7. The Balaban J connectivity index is 1.33. The van der Waals surface area contributed by atoms with Crippen LogP contribution in [0.25, 0.3) is 16.9 Å². The molecule has 0 bridgehead atoms. The number of para-hydroxylation sites is 1. The van der Waals surface area contributed by atoms with Gasteiger partial charge in [0.25, 0.3) is 0 Å². The Kier molecular flexibility index (Phi) is 7.98. The van der Waals surface area contributed by atoms with E-state index in [2.05, 4.69) is 24.4 Å². The van der Waals surface area contributed by atoms with Crippen LogP contribution in [0, 0.1) is 5.92 Å². The second kappa shape index (κ2) is 11.9. The summed E-state index contributed by atoms with van der Waals surface area (Å²) in [6.07, 6.45) is 3.82. The number of nitrogens with one attached hydrogen (secondary N) is 1. The number of unbranched alkanes of at least 4 members (excludes halogenated alkanes) is 2. The summed E-state index contributed by atoms with van der Waals surface area (Å²) in [5, 5.41) is 7.83. The predicted octanol–water partition coefficient (Wildman–Crippen LogP) is 6.30. The van der Waals surface area contributed by atoms with Gasteiger partial charge in [-0.25, -0.2) is 4.68 Å². The fraction of sp³-hybridized carbons (Fsp3) is 0.281. The van der Waals surface area contributed by atoms with Crippen molar-refractivity contribution >= 4 is 17.6 Å². The molecule has 3 aromatic carbocycles. The number of benzene rings is 3. The molecule has 1 heterocycles. The van der Waals surface area contributed by atoms with Gasteiger partial charge in [-0.2, -0.15) is 5.10 Å². The molecule has 38 heavy (non-hydrogen) atoms. The van der Waals surface area contributed by atoms with E-state index in [-0.39, 0.29) is 30.2 Å². The van der Waals surface area contributed by atoms with Gasteiger partial charge in [0.1, 0.15) is 5.82 Å². The first-order valence-corrected chi connectivity index (χ1v) is 13.5. The summed E-state index contributed by atoms with van der Waals surface area (Å²) >= 11 is 0. The van der Waals surface area contributed by atoms with Crippen LogP contribution in [0.5, 0.6) is 0 Å². The summed E-state index contributed by atoms with van der Waals surface area (Å²) in [5.74, 6) is 0.629. The third-order valence-electron chi connectivity index (χ3n) is 7.06. The molecule has 1 saturated carbocycles. The first kappa shape index (κ1) is 25.5. The van der Waals surface area contributed by atoms with Crippen LogP contribution in [0.1, 0.15) is 44.1 Å². The Labute approximate surface area is 224 Å². The van der Waals surface area contributed by atoms with E-state index < -0.39 is 0 Å². The van der Waals surface area contributed by atoms with Gasteiger partial charge in [-0.15, -0.1) is 0 Å². The quantitative estimate of drug-likeness (QED) is 0.243. The number of hydrogen-bond donors (Lipinski definition) is 1. The number of anilines is 1. The van der Waals surface area contributed by atoms with Gasteiger partial charge >= 0.3 is 0 Å². The zero-order chi connectivity index (χ0) is 26.3. The number of carbonyl (C=O) groups is 2. The Morgan fingerprint density at radius 1 is 0.921 bits per heavy atom. The molecule has 5 rings (SSSR count). The lowest BCUT2D eigenvalue weighted by Crippen LogP contribution is -2.40. The van der Waals surface area contributed by atoms with Gasteiger partial charge in [0.05, 0.1) is 17.9 Å². The maximum Gasteiger partial charge on any atom is 0.245 e. The molecule has 2 atom stereocenters. The monoisotopic (exact) mass is 506 g/mol. The number of hydrogen-bond acceptors (Lipinski definition) is 3. The van der Waals surface area contributed by atoms with Crippen molar-refractivity contribution in [3.63, 3.8) is 0 Å². The van der Waals surface area contributed by atoms with E-state index in [0.717, 1.165) is 42.6 Å². The highest BCUT2D eigenvalue weighted by atomic mass is 16.2. The lowest BCUT2D eigenvalue weighted by atomic mass is 10.1. The SMILES string of the molecule is CCCCCN(CC(=O)Nc1cc(-c2ccccc2)nn1-c1ccccc1)C(=O)[C@@H]1C[C@H]1c1ccccc1. The van der Waals surface area contributed by atoms with Crippen molar-refractivity contribution < 1.29 is 9.59 Å². The van der Waals surface area contributed by atoms with Gasteiger partial charge in [0.15, 0.2) is 0 Å². The second-order valence-corrected chi connectivity index (χ2v) is 9.90. The van der Waals surface area contributed by atoms with Crippen molar-refractivity contribution in [2.75, 3.05) is 18.4 Å². The molecular formula is C32H34N4O2. The van der Waals surface area contributed by atoms with Crippen molar-refractivity contribution in [1.82, 2.24) is 14.7 Å². The minimum absolute atomic E-state index is 0.0290. The molecule has 2 amide bonds. The van der Waals surface area contributed by atoms with E-state index in [4.69, 9.17) is 5.10 Å². The van der Waals surface area contributed by atoms with Gasteiger partial charge in [0, 0.05) is 24.1 Å². The van der Waals surface area contributed by atoms with Crippen LogP contribution in [-0.4, -0.2) is 39.6 Å². The van der Waals surface area contributed by atoms with E-state index in [1.54, 1.807) is 9.58 Å². The lowest BCUT2D eigenvalue weighted by molar-refractivity contribution is -0.136. The van der Waals surface area contributed by atoms with Gasteiger partial charge in [0.2, 0.25) is 11.8 Å². The molecule has 6 heteroatoms. The zero-order valence-corrected chi connectivity index (χ0v) is 21.8. The van der Waals surface area contributed by atoms with Crippen molar-refractivity contribution in [3.8, 4) is 16.9 Å². The molecule has 1 aliphatic carbocycles. The summed E-state index contributed by atoms with van der Waals surface area (Å²) in [7, 11) is 0. The highest BCUT2D eigenvalue weighted by Crippen LogP contribution is 2.48. The third-order valence-corrected chi connectivity index (χ3v) is 7.06. The number of carbonyl (C=O) groups excluding carboxylic acids is 2. The fourth-order valence-electron chi connectivity index (χ4n) is 4.93. The maximum absolute atomic E-state index is 13.5. The Hall–Kier alpha value is -4.19.